The molecule has 0 fully saturated rings. The van der Waals surface area contributed by atoms with Crippen molar-refractivity contribution in [2.24, 2.45) is 7.05 Å². The van der Waals surface area contributed by atoms with Crippen molar-refractivity contribution in [3.63, 3.8) is 0 Å². The van der Waals surface area contributed by atoms with E-state index in [1.165, 1.54) is 0 Å². The highest BCUT2D eigenvalue weighted by atomic mass is 16.5. The van der Waals surface area contributed by atoms with Gasteiger partial charge in [0.05, 0.1) is 23.4 Å². The molecule has 3 aromatic rings. The van der Waals surface area contributed by atoms with Gasteiger partial charge in [0, 0.05) is 24.2 Å². The van der Waals surface area contributed by atoms with Gasteiger partial charge in [-0.3, -0.25) is 0 Å². The number of nitrogen functional groups attached to an aromatic ring is 1. The van der Waals surface area contributed by atoms with Gasteiger partial charge in [0.2, 0.25) is 0 Å². The zero-order valence-corrected chi connectivity index (χ0v) is 14.6. The molecule has 0 spiro atoms. The summed E-state index contributed by atoms with van der Waals surface area (Å²) in [5.41, 5.74) is 9.98. The van der Waals surface area contributed by atoms with Crippen molar-refractivity contribution in [3.05, 3.63) is 48.0 Å². The Morgan fingerprint density at radius 1 is 1.12 bits per heavy atom. The fourth-order valence-corrected chi connectivity index (χ4v) is 2.76. The van der Waals surface area contributed by atoms with Crippen LogP contribution in [-0.4, -0.2) is 11.2 Å². The highest BCUT2D eigenvalue weighted by Gasteiger charge is 2.17. The van der Waals surface area contributed by atoms with Crippen molar-refractivity contribution in [1.29, 1.82) is 5.26 Å². The lowest BCUT2D eigenvalue weighted by molar-refractivity contribution is 0.340. The first-order valence-corrected chi connectivity index (χ1v) is 8.17. The van der Waals surface area contributed by atoms with Crippen LogP contribution in [0.5, 0.6) is 5.75 Å². The number of nitrogens with two attached hydrogens (primary N) is 1. The Morgan fingerprint density at radius 2 is 1.79 bits per heavy atom. The number of benzene rings is 2. The first-order valence-electron chi connectivity index (χ1n) is 8.17. The number of rotatable bonds is 3. The normalized spacial score (nSPS) is 9.96. The van der Waals surface area contributed by atoms with Crippen molar-refractivity contribution >= 4 is 16.6 Å². The molecule has 0 saturated heterocycles. The molecule has 4 heteroatoms. The van der Waals surface area contributed by atoms with E-state index in [-0.39, 0.29) is 0 Å². The molecule has 24 heavy (non-hydrogen) atoms. The van der Waals surface area contributed by atoms with Crippen molar-refractivity contribution < 1.29 is 4.74 Å². The predicted octanol–water partition coefficient (Wildman–Crippen LogP) is 4.72. The summed E-state index contributed by atoms with van der Waals surface area (Å²) in [6, 6.07) is 15.7. The van der Waals surface area contributed by atoms with Crippen LogP contribution in [-0.2, 0) is 7.05 Å². The molecule has 0 unspecified atom stereocenters. The Balaban J connectivity index is 0.00000100. The van der Waals surface area contributed by atoms with Gasteiger partial charge in [-0.15, -0.1) is 0 Å². The van der Waals surface area contributed by atoms with Crippen LogP contribution in [0.2, 0.25) is 0 Å². The Hall–Kier alpha value is -2.93. The molecule has 1 aromatic heterocycles. The molecule has 2 N–H and O–H groups in total. The summed E-state index contributed by atoms with van der Waals surface area (Å²) in [5, 5.41) is 10.5. The van der Waals surface area contributed by atoms with Crippen LogP contribution < -0.4 is 10.5 Å². The zero-order valence-electron chi connectivity index (χ0n) is 14.6. The summed E-state index contributed by atoms with van der Waals surface area (Å²) in [7, 11) is 1.96. The molecule has 0 radical (unpaired) electrons. The molecule has 0 amide bonds. The predicted molar refractivity (Wildman–Crippen MR) is 100.0 cm³/mol. The highest BCUT2D eigenvalue weighted by Crippen LogP contribution is 2.34. The molecule has 0 bridgehead atoms. The molecular weight excluding hydrogens is 298 g/mol. The van der Waals surface area contributed by atoms with Gasteiger partial charge >= 0.3 is 0 Å². The second-order valence-electron chi connectivity index (χ2n) is 5.13. The molecule has 0 aliphatic heterocycles. The van der Waals surface area contributed by atoms with E-state index in [0.717, 1.165) is 27.9 Å². The van der Waals surface area contributed by atoms with Gasteiger partial charge in [0.15, 0.2) is 0 Å². The minimum absolute atomic E-state index is 0.617. The van der Waals surface area contributed by atoms with Crippen LogP contribution in [0, 0.1) is 11.3 Å². The lowest BCUT2D eigenvalue weighted by Gasteiger charge is -2.06. The molecule has 0 aliphatic carbocycles. The second kappa shape index (κ2) is 7.56. The van der Waals surface area contributed by atoms with Gasteiger partial charge < -0.3 is 15.0 Å². The van der Waals surface area contributed by atoms with Crippen molar-refractivity contribution in [1.82, 2.24) is 4.57 Å². The Labute approximate surface area is 143 Å². The molecule has 1 heterocycles. The summed E-state index contributed by atoms with van der Waals surface area (Å²) in [6.07, 6.45) is 0. The number of anilines is 1. The van der Waals surface area contributed by atoms with E-state index in [9.17, 15) is 5.26 Å². The lowest BCUT2D eigenvalue weighted by Crippen LogP contribution is -1.94. The summed E-state index contributed by atoms with van der Waals surface area (Å²) in [5.74, 6) is 0.809. The van der Waals surface area contributed by atoms with Gasteiger partial charge in [0.1, 0.15) is 11.8 Å². The van der Waals surface area contributed by atoms with Crippen molar-refractivity contribution in [2.45, 2.75) is 20.8 Å². The first kappa shape index (κ1) is 17.4. The highest BCUT2D eigenvalue weighted by molar-refractivity contribution is 5.95. The molecule has 0 saturated carbocycles. The van der Waals surface area contributed by atoms with Crippen LogP contribution in [0.4, 0.5) is 5.69 Å². The van der Waals surface area contributed by atoms with Gasteiger partial charge in [-0.05, 0) is 36.8 Å². The largest absolute Gasteiger partial charge is 0.494 e. The Bertz CT molecular complexity index is 871. The molecule has 3 rings (SSSR count). The number of hydrogen-bond acceptors (Lipinski definition) is 3. The first-order chi connectivity index (χ1) is 11.7. The number of aryl methyl sites for hydroxylation is 1. The van der Waals surface area contributed by atoms with Crippen molar-refractivity contribution in [3.8, 4) is 23.1 Å². The molecule has 4 nitrogen and oxygen atoms in total. The molecule has 124 valence electrons. The van der Waals surface area contributed by atoms with E-state index >= 15 is 0 Å². The monoisotopic (exact) mass is 321 g/mol. The van der Waals surface area contributed by atoms with Crippen LogP contribution in [0.15, 0.2) is 42.5 Å². The lowest BCUT2D eigenvalue weighted by atomic mass is 10.1. The van der Waals surface area contributed by atoms with Crippen molar-refractivity contribution in [2.75, 3.05) is 12.3 Å². The number of fused-ring (bicyclic) bond motifs is 1. The van der Waals surface area contributed by atoms with E-state index in [1.807, 2.05) is 74.9 Å². The number of nitriles is 1. The third-order valence-corrected chi connectivity index (χ3v) is 3.78. The minimum atomic E-state index is 0.617. The van der Waals surface area contributed by atoms with Gasteiger partial charge in [-0.1, -0.05) is 26.0 Å². The number of ether oxygens (including phenoxy) is 1. The number of nitrogens with zero attached hydrogens (tertiary/aromatic N) is 2. The van der Waals surface area contributed by atoms with Crippen LogP contribution in [0.25, 0.3) is 22.2 Å². The molecular formula is C20H23N3O. The van der Waals surface area contributed by atoms with E-state index < -0.39 is 0 Å². The number of aromatic nitrogens is 1. The van der Waals surface area contributed by atoms with E-state index in [4.69, 9.17) is 10.5 Å². The third-order valence-electron chi connectivity index (χ3n) is 3.78. The molecule has 2 aromatic carbocycles. The Kier molecular flexibility index (Phi) is 5.49. The summed E-state index contributed by atoms with van der Waals surface area (Å²) >= 11 is 0. The van der Waals surface area contributed by atoms with Gasteiger partial charge in [0.25, 0.3) is 0 Å². The molecule has 0 atom stereocenters. The van der Waals surface area contributed by atoms with Gasteiger partial charge in [-0.2, -0.15) is 5.26 Å². The quantitative estimate of drug-likeness (QED) is 0.710. The maximum atomic E-state index is 9.60. The molecule has 0 aliphatic rings. The van der Waals surface area contributed by atoms with Crippen LogP contribution >= 0.6 is 0 Å². The fourth-order valence-electron chi connectivity index (χ4n) is 2.76. The summed E-state index contributed by atoms with van der Waals surface area (Å²) in [6.45, 7) is 6.57. The smallest absolute Gasteiger partial charge is 0.121 e. The standard InChI is InChI=1S/C18H17N3O.C2H6/c1-3-22-14-8-9-15-16(11-19)18(21(2)17(15)10-14)12-4-6-13(20)7-5-12;1-2/h4-10H,3,20H2,1-2H3;1-2H3. The van der Waals surface area contributed by atoms with Crippen LogP contribution in [0.3, 0.4) is 0 Å². The average Bonchev–Trinajstić information content (AvgIpc) is 2.90. The topological polar surface area (TPSA) is 64.0 Å². The van der Waals surface area contributed by atoms with E-state index in [2.05, 4.69) is 6.07 Å². The number of hydrogen-bond donors (Lipinski definition) is 1. The fraction of sp³-hybridized carbons (Fsp3) is 0.250. The zero-order chi connectivity index (χ0) is 17.7. The minimum Gasteiger partial charge on any atom is -0.494 e. The Morgan fingerprint density at radius 3 is 2.38 bits per heavy atom. The average molecular weight is 321 g/mol. The maximum Gasteiger partial charge on any atom is 0.121 e. The SMILES string of the molecule is CC.CCOc1ccc2c(C#N)c(-c3ccc(N)cc3)n(C)c2c1. The van der Waals surface area contributed by atoms with E-state index in [0.29, 0.717) is 17.9 Å². The van der Waals surface area contributed by atoms with Crippen LogP contribution in [0.1, 0.15) is 26.3 Å². The second-order valence-corrected chi connectivity index (χ2v) is 5.13. The van der Waals surface area contributed by atoms with Gasteiger partial charge in [-0.25, -0.2) is 0 Å². The summed E-state index contributed by atoms with van der Waals surface area (Å²) < 4.78 is 7.59. The third kappa shape index (κ3) is 3.07. The van der Waals surface area contributed by atoms with E-state index in [1.54, 1.807) is 0 Å². The summed E-state index contributed by atoms with van der Waals surface area (Å²) in [4.78, 5) is 0. The maximum absolute atomic E-state index is 9.60.